The van der Waals surface area contributed by atoms with Gasteiger partial charge in [0, 0.05) is 0 Å². The van der Waals surface area contributed by atoms with E-state index in [1.165, 1.54) is 12.1 Å². The quantitative estimate of drug-likeness (QED) is 0.899. The number of hydrogen-bond donors (Lipinski definition) is 1. The number of carbonyl (C=O) groups is 1. The molecule has 0 aliphatic heterocycles. The molecule has 0 unspecified atom stereocenters. The lowest BCUT2D eigenvalue weighted by atomic mass is 10.2. The van der Waals surface area contributed by atoms with Crippen molar-refractivity contribution in [3.63, 3.8) is 0 Å². The van der Waals surface area contributed by atoms with Crippen molar-refractivity contribution in [3.05, 3.63) is 59.4 Å². The number of carboxylic acid groups (broad SMARTS) is 1. The lowest BCUT2D eigenvalue weighted by Crippen LogP contribution is -2.01. The summed E-state index contributed by atoms with van der Waals surface area (Å²) in [5.41, 5.74) is 0.838. The predicted octanol–water partition coefficient (Wildman–Crippen LogP) is 3.62. The van der Waals surface area contributed by atoms with Gasteiger partial charge in [-0.05, 0) is 31.2 Å². The number of hydrogen-bond acceptors (Lipinski definition) is 2. The summed E-state index contributed by atoms with van der Waals surface area (Å²) >= 11 is 0. The maximum absolute atomic E-state index is 13.6. The van der Waals surface area contributed by atoms with Crippen LogP contribution in [-0.2, 0) is 0 Å². The van der Waals surface area contributed by atoms with E-state index >= 15 is 0 Å². The molecular weight excluding hydrogens is 235 g/mol. The summed E-state index contributed by atoms with van der Waals surface area (Å²) in [5.74, 6) is -1.80. The third kappa shape index (κ3) is 2.48. The normalized spacial score (nSPS) is 10.1. The van der Waals surface area contributed by atoms with Crippen LogP contribution in [0.4, 0.5) is 4.39 Å². The Morgan fingerprint density at radius 1 is 1.17 bits per heavy atom. The van der Waals surface area contributed by atoms with Crippen LogP contribution in [0.15, 0.2) is 42.5 Å². The maximum Gasteiger partial charge on any atom is 0.339 e. The van der Waals surface area contributed by atoms with E-state index in [0.717, 1.165) is 11.6 Å². The Hall–Kier alpha value is -2.36. The molecule has 0 atom stereocenters. The summed E-state index contributed by atoms with van der Waals surface area (Å²) in [4.78, 5) is 11.0. The lowest BCUT2D eigenvalue weighted by Gasteiger charge is -2.09. The van der Waals surface area contributed by atoms with Crippen molar-refractivity contribution < 1.29 is 19.0 Å². The minimum absolute atomic E-state index is 0.199. The van der Waals surface area contributed by atoms with Crippen molar-refractivity contribution in [1.29, 1.82) is 0 Å². The highest BCUT2D eigenvalue weighted by Gasteiger charge is 2.16. The maximum atomic E-state index is 13.6. The van der Waals surface area contributed by atoms with Crippen LogP contribution in [-0.4, -0.2) is 11.1 Å². The highest BCUT2D eigenvalue weighted by atomic mass is 19.1. The zero-order chi connectivity index (χ0) is 13.1. The summed E-state index contributed by atoms with van der Waals surface area (Å²) in [6.45, 7) is 1.91. The molecule has 4 heteroatoms. The molecule has 0 amide bonds. The summed E-state index contributed by atoms with van der Waals surface area (Å²) in [5, 5.41) is 8.97. The average molecular weight is 246 g/mol. The molecule has 0 saturated carbocycles. The number of para-hydroxylation sites is 1. The second-order valence-corrected chi connectivity index (χ2v) is 3.84. The van der Waals surface area contributed by atoms with Crippen LogP contribution >= 0.6 is 0 Å². The Bertz CT molecular complexity index is 576. The van der Waals surface area contributed by atoms with Crippen LogP contribution < -0.4 is 4.74 Å². The molecule has 2 aromatic rings. The highest BCUT2D eigenvalue weighted by Crippen LogP contribution is 2.28. The molecule has 0 heterocycles. The first-order valence-electron chi connectivity index (χ1n) is 5.34. The Labute approximate surface area is 103 Å². The number of ether oxygens (including phenoxy) is 1. The fraction of sp³-hybridized carbons (Fsp3) is 0.0714. The first-order valence-corrected chi connectivity index (χ1v) is 5.34. The van der Waals surface area contributed by atoms with Crippen molar-refractivity contribution in [2.75, 3.05) is 0 Å². The Morgan fingerprint density at radius 3 is 2.44 bits per heavy atom. The van der Waals surface area contributed by atoms with Crippen LogP contribution in [0.25, 0.3) is 0 Å². The van der Waals surface area contributed by atoms with Gasteiger partial charge in [-0.1, -0.05) is 23.8 Å². The number of carboxylic acids is 1. The fourth-order valence-electron chi connectivity index (χ4n) is 1.51. The van der Waals surface area contributed by atoms with E-state index in [1.807, 2.05) is 6.92 Å². The van der Waals surface area contributed by atoms with Crippen molar-refractivity contribution >= 4 is 5.97 Å². The third-order valence-corrected chi connectivity index (χ3v) is 2.44. The Balaban J connectivity index is 2.39. The highest BCUT2D eigenvalue weighted by molar-refractivity contribution is 5.91. The van der Waals surface area contributed by atoms with Crippen molar-refractivity contribution in [1.82, 2.24) is 0 Å². The van der Waals surface area contributed by atoms with E-state index in [1.54, 1.807) is 24.3 Å². The van der Waals surface area contributed by atoms with Crippen LogP contribution in [0.5, 0.6) is 11.5 Å². The standard InChI is InChI=1S/C14H11FO3/c1-9-5-7-10(8-6-9)18-13-11(14(16)17)3-2-4-12(13)15/h2-8H,1H3,(H,16,17). The molecule has 0 bridgehead atoms. The minimum atomic E-state index is -1.23. The van der Waals surface area contributed by atoms with Crippen LogP contribution in [0.2, 0.25) is 0 Å². The molecule has 0 radical (unpaired) electrons. The zero-order valence-electron chi connectivity index (χ0n) is 9.68. The molecule has 18 heavy (non-hydrogen) atoms. The lowest BCUT2D eigenvalue weighted by molar-refractivity contribution is 0.0693. The second-order valence-electron chi connectivity index (χ2n) is 3.84. The number of rotatable bonds is 3. The van der Waals surface area contributed by atoms with E-state index in [0.29, 0.717) is 5.75 Å². The largest absolute Gasteiger partial charge is 0.478 e. The topological polar surface area (TPSA) is 46.5 Å². The summed E-state index contributed by atoms with van der Waals surface area (Å²) in [6.07, 6.45) is 0. The zero-order valence-corrected chi connectivity index (χ0v) is 9.68. The molecule has 2 aromatic carbocycles. The Kier molecular flexibility index (Phi) is 3.28. The van der Waals surface area contributed by atoms with Gasteiger partial charge in [0.15, 0.2) is 11.6 Å². The van der Waals surface area contributed by atoms with Crippen molar-refractivity contribution in [2.24, 2.45) is 0 Å². The van der Waals surface area contributed by atoms with Gasteiger partial charge in [-0.2, -0.15) is 0 Å². The molecule has 3 nitrogen and oxygen atoms in total. The molecule has 0 aromatic heterocycles. The van der Waals surface area contributed by atoms with Gasteiger partial charge >= 0.3 is 5.97 Å². The molecule has 0 fully saturated rings. The summed E-state index contributed by atoms with van der Waals surface area (Å²) < 4.78 is 18.9. The van der Waals surface area contributed by atoms with Gasteiger partial charge in [0.25, 0.3) is 0 Å². The molecule has 0 spiro atoms. The van der Waals surface area contributed by atoms with Crippen molar-refractivity contribution in [2.45, 2.75) is 6.92 Å². The van der Waals surface area contributed by atoms with Gasteiger partial charge in [0.05, 0.1) is 0 Å². The predicted molar refractivity (Wildman–Crippen MR) is 64.6 cm³/mol. The van der Waals surface area contributed by atoms with Crippen LogP contribution in [0.3, 0.4) is 0 Å². The summed E-state index contributed by atoms with van der Waals surface area (Å²) in [7, 11) is 0. The number of aryl methyl sites for hydroxylation is 1. The smallest absolute Gasteiger partial charge is 0.339 e. The summed E-state index contributed by atoms with van der Waals surface area (Å²) in [6, 6.07) is 10.7. The van der Waals surface area contributed by atoms with Gasteiger partial charge in [-0.15, -0.1) is 0 Å². The first-order chi connectivity index (χ1) is 8.58. The van der Waals surface area contributed by atoms with Gasteiger partial charge in [0.1, 0.15) is 11.3 Å². The minimum Gasteiger partial charge on any atom is -0.478 e. The van der Waals surface area contributed by atoms with Gasteiger partial charge < -0.3 is 9.84 Å². The van der Waals surface area contributed by atoms with E-state index in [-0.39, 0.29) is 11.3 Å². The number of halogens is 1. The monoisotopic (exact) mass is 246 g/mol. The SMILES string of the molecule is Cc1ccc(Oc2c(F)cccc2C(=O)O)cc1. The molecular formula is C14H11FO3. The molecule has 0 saturated heterocycles. The molecule has 1 N–H and O–H groups in total. The fourth-order valence-corrected chi connectivity index (χ4v) is 1.51. The van der Waals surface area contributed by atoms with Gasteiger partial charge in [0.2, 0.25) is 0 Å². The van der Waals surface area contributed by atoms with E-state index < -0.39 is 11.8 Å². The van der Waals surface area contributed by atoms with Crippen LogP contribution in [0, 0.1) is 12.7 Å². The molecule has 0 aliphatic carbocycles. The van der Waals surface area contributed by atoms with Gasteiger partial charge in [-0.3, -0.25) is 0 Å². The van der Waals surface area contributed by atoms with E-state index in [4.69, 9.17) is 9.84 Å². The number of benzene rings is 2. The second kappa shape index (κ2) is 4.87. The third-order valence-electron chi connectivity index (χ3n) is 2.44. The van der Waals surface area contributed by atoms with E-state index in [9.17, 15) is 9.18 Å². The van der Waals surface area contributed by atoms with Gasteiger partial charge in [-0.25, -0.2) is 9.18 Å². The van der Waals surface area contributed by atoms with Crippen LogP contribution in [0.1, 0.15) is 15.9 Å². The first kappa shape index (κ1) is 12.1. The molecule has 0 aliphatic rings. The molecule has 2 rings (SSSR count). The number of aromatic carboxylic acids is 1. The average Bonchev–Trinajstić information content (AvgIpc) is 2.34. The van der Waals surface area contributed by atoms with Crippen molar-refractivity contribution in [3.8, 4) is 11.5 Å². The van der Waals surface area contributed by atoms with E-state index in [2.05, 4.69) is 0 Å². The Morgan fingerprint density at radius 2 is 1.83 bits per heavy atom. The molecule has 92 valence electrons.